The van der Waals surface area contributed by atoms with Crippen LogP contribution in [0.2, 0.25) is 0 Å². The molecule has 0 atom stereocenters. The summed E-state index contributed by atoms with van der Waals surface area (Å²) in [5, 5.41) is 14.9. The molecule has 0 spiro atoms. The number of nitrogens with zero attached hydrogens (tertiary/aromatic N) is 3. The highest BCUT2D eigenvalue weighted by molar-refractivity contribution is 7.16. The average Bonchev–Trinajstić information content (AvgIpc) is 3.16. The minimum atomic E-state index is -0.0570. The lowest BCUT2D eigenvalue weighted by Crippen LogP contribution is -2.23. The number of nitrogens with one attached hydrogen (secondary N) is 1. The number of oxazole rings is 1. The van der Waals surface area contributed by atoms with E-state index in [2.05, 4.69) is 36.1 Å². The summed E-state index contributed by atoms with van der Waals surface area (Å²) >= 11 is 1.50. The van der Waals surface area contributed by atoms with Crippen molar-refractivity contribution in [3.8, 4) is 0 Å². The Labute approximate surface area is 144 Å². The summed E-state index contributed by atoms with van der Waals surface area (Å²) in [5.41, 5.74) is 0.757. The SMILES string of the molecule is CC(C)(C)c1cnc(/C=C/c2cnc(Nc3cc[n+]([O-])cc3)s2)o1. The van der Waals surface area contributed by atoms with Gasteiger partial charge in [0.2, 0.25) is 5.89 Å². The van der Waals surface area contributed by atoms with Crippen molar-refractivity contribution in [1.29, 1.82) is 0 Å². The van der Waals surface area contributed by atoms with Crippen molar-refractivity contribution in [2.24, 2.45) is 0 Å². The van der Waals surface area contributed by atoms with Gasteiger partial charge in [0.05, 0.1) is 11.9 Å². The first kappa shape index (κ1) is 16.2. The number of pyridine rings is 1. The highest BCUT2D eigenvalue weighted by Crippen LogP contribution is 2.25. The number of aromatic nitrogens is 3. The Balaban J connectivity index is 1.67. The van der Waals surface area contributed by atoms with Crippen molar-refractivity contribution in [1.82, 2.24) is 9.97 Å². The van der Waals surface area contributed by atoms with Gasteiger partial charge in [0.25, 0.3) is 0 Å². The molecule has 24 heavy (non-hydrogen) atoms. The van der Waals surface area contributed by atoms with Crippen LogP contribution < -0.4 is 10.0 Å². The molecule has 124 valence electrons. The molecule has 1 N–H and O–H groups in total. The summed E-state index contributed by atoms with van der Waals surface area (Å²) in [7, 11) is 0. The quantitative estimate of drug-likeness (QED) is 0.573. The predicted molar refractivity (Wildman–Crippen MR) is 94.9 cm³/mol. The topological polar surface area (TPSA) is 77.9 Å². The van der Waals surface area contributed by atoms with Crippen molar-refractivity contribution in [3.05, 3.63) is 58.7 Å². The molecule has 3 aromatic heterocycles. The Morgan fingerprint density at radius 3 is 2.58 bits per heavy atom. The van der Waals surface area contributed by atoms with Gasteiger partial charge in [-0.25, -0.2) is 9.97 Å². The third kappa shape index (κ3) is 3.99. The Hall–Kier alpha value is -2.67. The van der Waals surface area contributed by atoms with E-state index in [9.17, 15) is 5.21 Å². The lowest BCUT2D eigenvalue weighted by atomic mass is 9.94. The highest BCUT2D eigenvalue weighted by Gasteiger charge is 2.18. The molecule has 0 fully saturated rings. The molecular weight excluding hydrogens is 324 g/mol. The normalized spacial score (nSPS) is 12.0. The third-order valence-electron chi connectivity index (χ3n) is 3.23. The van der Waals surface area contributed by atoms with Crippen molar-refractivity contribution < 1.29 is 9.15 Å². The number of hydrogen-bond acceptors (Lipinski definition) is 6. The second kappa shape index (κ2) is 6.45. The maximum absolute atomic E-state index is 11.0. The molecule has 0 saturated heterocycles. The summed E-state index contributed by atoms with van der Waals surface area (Å²) in [5.74, 6) is 1.43. The van der Waals surface area contributed by atoms with Crippen LogP contribution in [0.1, 0.15) is 37.3 Å². The van der Waals surface area contributed by atoms with Crippen LogP contribution in [0.15, 0.2) is 41.3 Å². The van der Waals surface area contributed by atoms with Crippen LogP contribution >= 0.6 is 11.3 Å². The Kier molecular flexibility index (Phi) is 4.35. The zero-order valence-corrected chi connectivity index (χ0v) is 14.5. The summed E-state index contributed by atoms with van der Waals surface area (Å²) in [6.45, 7) is 6.25. The molecule has 3 aromatic rings. The molecule has 0 aromatic carbocycles. The maximum Gasteiger partial charge on any atom is 0.218 e. The van der Waals surface area contributed by atoms with Crippen molar-refractivity contribution >= 4 is 34.3 Å². The minimum absolute atomic E-state index is 0.0570. The van der Waals surface area contributed by atoms with Gasteiger partial charge in [0.15, 0.2) is 17.5 Å². The smallest absolute Gasteiger partial charge is 0.218 e. The summed E-state index contributed by atoms with van der Waals surface area (Å²) in [4.78, 5) is 9.55. The Morgan fingerprint density at radius 2 is 1.92 bits per heavy atom. The fourth-order valence-electron chi connectivity index (χ4n) is 1.91. The molecule has 0 aliphatic rings. The molecule has 0 aliphatic heterocycles. The second-order valence-electron chi connectivity index (χ2n) is 6.29. The van der Waals surface area contributed by atoms with E-state index in [1.165, 1.54) is 23.7 Å². The molecular formula is C17H18N4O2S. The number of thiazole rings is 1. The largest absolute Gasteiger partial charge is 0.619 e. The van der Waals surface area contributed by atoms with Gasteiger partial charge >= 0.3 is 0 Å². The van der Waals surface area contributed by atoms with E-state index in [1.807, 2.05) is 12.2 Å². The van der Waals surface area contributed by atoms with Gasteiger partial charge in [-0.15, -0.1) is 0 Å². The molecule has 0 saturated carbocycles. The van der Waals surface area contributed by atoms with Crippen LogP contribution in [0, 0.1) is 5.21 Å². The van der Waals surface area contributed by atoms with Crippen LogP contribution in [-0.4, -0.2) is 9.97 Å². The lowest BCUT2D eigenvalue weighted by Gasteiger charge is -2.12. The van der Waals surface area contributed by atoms with E-state index in [-0.39, 0.29) is 5.41 Å². The van der Waals surface area contributed by atoms with Crippen LogP contribution in [0.25, 0.3) is 12.2 Å². The monoisotopic (exact) mass is 342 g/mol. The van der Waals surface area contributed by atoms with Gasteiger partial charge in [0.1, 0.15) is 5.76 Å². The Bertz CT molecular complexity index is 844. The van der Waals surface area contributed by atoms with Gasteiger partial charge < -0.3 is 14.9 Å². The fraction of sp³-hybridized carbons (Fsp3) is 0.235. The zero-order valence-electron chi connectivity index (χ0n) is 13.7. The van der Waals surface area contributed by atoms with Crippen LogP contribution in [-0.2, 0) is 5.41 Å². The molecule has 0 unspecified atom stereocenters. The van der Waals surface area contributed by atoms with Gasteiger partial charge in [0, 0.05) is 34.7 Å². The lowest BCUT2D eigenvalue weighted by molar-refractivity contribution is -0.605. The molecule has 3 heterocycles. The maximum atomic E-state index is 11.0. The highest BCUT2D eigenvalue weighted by atomic mass is 32.1. The zero-order chi connectivity index (χ0) is 17.2. The summed E-state index contributed by atoms with van der Waals surface area (Å²) < 4.78 is 6.46. The van der Waals surface area contributed by atoms with Crippen LogP contribution in [0.4, 0.5) is 10.8 Å². The van der Waals surface area contributed by atoms with E-state index in [4.69, 9.17) is 4.42 Å². The Morgan fingerprint density at radius 1 is 1.17 bits per heavy atom. The predicted octanol–water partition coefficient (Wildman–Crippen LogP) is 3.98. The molecule has 0 radical (unpaired) electrons. The van der Waals surface area contributed by atoms with E-state index in [1.54, 1.807) is 24.5 Å². The molecule has 6 nitrogen and oxygen atoms in total. The molecule has 7 heteroatoms. The van der Waals surface area contributed by atoms with Crippen molar-refractivity contribution in [2.75, 3.05) is 5.32 Å². The standard InChI is InChI=1S/C17H18N4O2S/c1-17(2,3)14-11-18-15(23-14)5-4-13-10-19-16(24-13)20-12-6-8-21(22)9-7-12/h4-11H,1-3H3,(H,19,20)/b5-4+. The molecule has 0 amide bonds. The molecule has 3 rings (SSSR count). The van der Waals surface area contributed by atoms with Gasteiger partial charge in [-0.2, -0.15) is 4.73 Å². The molecule has 0 bridgehead atoms. The van der Waals surface area contributed by atoms with Gasteiger partial charge in [-0.1, -0.05) is 32.1 Å². The second-order valence-corrected chi connectivity index (χ2v) is 7.35. The van der Waals surface area contributed by atoms with E-state index in [0.29, 0.717) is 5.89 Å². The van der Waals surface area contributed by atoms with E-state index in [0.717, 1.165) is 26.2 Å². The summed E-state index contributed by atoms with van der Waals surface area (Å²) in [6, 6.07) is 3.40. The van der Waals surface area contributed by atoms with E-state index >= 15 is 0 Å². The average molecular weight is 342 g/mol. The number of rotatable bonds is 4. The number of anilines is 2. The van der Waals surface area contributed by atoms with Crippen molar-refractivity contribution in [3.63, 3.8) is 0 Å². The fourth-order valence-corrected chi connectivity index (χ4v) is 2.64. The molecule has 0 aliphatic carbocycles. The third-order valence-corrected chi connectivity index (χ3v) is 4.11. The van der Waals surface area contributed by atoms with Gasteiger partial charge in [-0.05, 0) is 6.08 Å². The van der Waals surface area contributed by atoms with E-state index < -0.39 is 0 Å². The van der Waals surface area contributed by atoms with Crippen LogP contribution in [0.3, 0.4) is 0 Å². The first-order valence-corrected chi connectivity index (χ1v) is 8.28. The van der Waals surface area contributed by atoms with Crippen molar-refractivity contribution in [2.45, 2.75) is 26.2 Å². The van der Waals surface area contributed by atoms with Crippen LogP contribution in [0.5, 0.6) is 0 Å². The number of hydrogen-bond donors (Lipinski definition) is 1. The van der Waals surface area contributed by atoms with Gasteiger partial charge in [-0.3, -0.25) is 0 Å². The first-order valence-electron chi connectivity index (χ1n) is 7.46. The minimum Gasteiger partial charge on any atom is -0.619 e. The summed E-state index contributed by atoms with van der Waals surface area (Å²) in [6.07, 6.45) is 10.1. The first-order chi connectivity index (χ1) is 11.4.